The minimum Gasteiger partial charge on any atom is -0.305 e. The molecule has 0 amide bonds. The number of hydrogen-bond donors (Lipinski definition) is 1. The van der Waals surface area contributed by atoms with Gasteiger partial charge in [-0.2, -0.15) is 0 Å². The van der Waals surface area contributed by atoms with Crippen LogP contribution in [0.15, 0.2) is 24.3 Å². The van der Waals surface area contributed by atoms with E-state index in [2.05, 4.69) is 31.3 Å². The number of benzene rings is 1. The van der Waals surface area contributed by atoms with Crippen LogP contribution >= 0.6 is 0 Å². The molecule has 1 heterocycles. The van der Waals surface area contributed by atoms with Crippen LogP contribution in [0.25, 0.3) is 0 Å². The highest BCUT2D eigenvalue weighted by atomic mass is 16.1. The minimum absolute atomic E-state index is 0.292. The van der Waals surface area contributed by atoms with Crippen LogP contribution in [-0.2, 0) is 6.42 Å². The van der Waals surface area contributed by atoms with Crippen LogP contribution in [0.3, 0.4) is 0 Å². The predicted octanol–water partition coefficient (Wildman–Crippen LogP) is 3.74. The summed E-state index contributed by atoms with van der Waals surface area (Å²) in [5.41, 5.74) is 1.87. The number of ketones is 1. The maximum Gasteiger partial charge on any atom is 0.182 e. The van der Waals surface area contributed by atoms with E-state index in [4.69, 9.17) is 0 Å². The number of rotatable bonds is 6. The van der Waals surface area contributed by atoms with Gasteiger partial charge in [0.15, 0.2) is 5.78 Å². The molecule has 1 saturated heterocycles. The molecule has 1 atom stereocenters. The monoisotopic (exact) mass is 259 g/mol. The van der Waals surface area contributed by atoms with Crippen molar-refractivity contribution in [2.45, 2.75) is 57.9 Å². The summed E-state index contributed by atoms with van der Waals surface area (Å²) in [5.74, 6) is 0.296. The summed E-state index contributed by atoms with van der Waals surface area (Å²) >= 11 is 0. The second kappa shape index (κ2) is 6.33. The van der Waals surface area contributed by atoms with Crippen LogP contribution in [0.1, 0.15) is 61.9 Å². The molecule has 1 unspecified atom stereocenters. The summed E-state index contributed by atoms with van der Waals surface area (Å²) in [7, 11) is 0. The molecule has 0 aromatic heterocycles. The summed E-state index contributed by atoms with van der Waals surface area (Å²) in [4.78, 5) is 12.9. The molecule has 2 rings (SSSR count). The Morgan fingerprint density at radius 3 is 2.79 bits per heavy atom. The third kappa shape index (κ3) is 3.06. The molecule has 104 valence electrons. The number of Topliss-reactive ketones (excluding diaryl/α,β-unsaturated/α-hetero) is 1. The highest BCUT2D eigenvalue weighted by Crippen LogP contribution is 2.29. The lowest BCUT2D eigenvalue weighted by Crippen LogP contribution is -2.47. The Hall–Kier alpha value is -1.15. The van der Waals surface area contributed by atoms with Gasteiger partial charge in [0.25, 0.3) is 0 Å². The van der Waals surface area contributed by atoms with E-state index in [1.165, 1.54) is 5.56 Å². The summed E-state index contributed by atoms with van der Waals surface area (Å²) in [6.45, 7) is 5.30. The van der Waals surface area contributed by atoms with Crippen LogP contribution < -0.4 is 5.32 Å². The summed E-state index contributed by atoms with van der Waals surface area (Å²) < 4.78 is 0. The number of nitrogens with one attached hydrogen (secondary N) is 1. The van der Waals surface area contributed by atoms with Gasteiger partial charge in [-0.15, -0.1) is 0 Å². The number of carbonyl (C=O) groups excluding carboxylic acids is 1. The van der Waals surface area contributed by atoms with Gasteiger partial charge in [-0.25, -0.2) is 0 Å². The van der Waals surface area contributed by atoms with E-state index >= 15 is 0 Å². The van der Waals surface area contributed by atoms with Gasteiger partial charge in [0, 0.05) is 5.56 Å². The summed E-state index contributed by atoms with van der Waals surface area (Å²) in [6, 6.07) is 8.20. The van der Waals surface area contributed by atoms with Crippen LogP contribution in [-0.4, -0.2) is 17.9 Å². The molecule has 1 aromatic carbocycles. The molecule has 1 aliphatic rings. The van der Waals surface area contributed by atoms with E-state index in [1.807, 2.05) is 12.1 Å². The molecule has 1 N–H and O–H groups in total. The molecule has 0 saturated carbocycles. The quantitative estimate of drug-likeness (QED) is 0.788. The second-order valence-electron chi connectivity index (χ2n) is 5.64. The molecule has 1 fully saturated rings. The second-order valence-corrected chi connectivity index (χ2v) is 5.64. The highest BCUT2D eigenvalue weighted by molar-refractivity contribution is 6.03. The van der Waals surface area contributed by atoms with E-state index in [1.54, 1.807) is 0 Å². The van der Waals surface area contributed by atoms with E-state index in [0.717, 1.165) is 50.6 Å². The number of hydrogen-bond acceptors (Lipinski definition) is 2. The highest BCUT2D eigenvalue weighted by Gasteiger charge is 2.40. The van der Waals surface area contributed by atoms with Crippen molar-refractivity contribution in [1.82, 2.24) is 5.32 Å². The Morgan fingerprint density at radius 1 is 1.32 bits per heavy atom. The van der Waals surface area contributed by atoms with Gasteiger partial charge < -0.3 is 5.32 Å². The number of carbonyl (C=O) groups is 1. The van der Waals surface area contributed by atoms with Gasteiger partial charge in [-0.05, 0) is 43.9 Å². The van der Waals surface area contributed by atoms with Gasteiger partial charge in [-0.3, -0.25) is 4.79 Å². The maximum atomic E-state index is 12.9. The first kappa shape index (κ1) is 14.3. The van der Waals surface area contributed by atoms with Gasteiger partial charge >= 0.3 is 0 Å². The Labute approximate surface area is 116 Å². The minimum atomic E-state index is -0.292. The number of aryl methyl sites for hydroxylation is 1. The molecule has 1 aliphatic heterocycles. The molecule has 19 heavy (non-hydrogen) atoms. The first-order valence-electron chi connectivity index (χ1n) is 7.60. The van der Waals surface area contributed by atoms with Crippen molar-refractivity contribution in [3.05, 3.63) is 35.4 Å². The first-order chi connectivity index (χ1) is 9.22. The molecular weight excluding hydrogens is 234 g/mol. The maximum absolute atomic E-state index is 12.9. The lowest BCUT2D eigenvalue weighted by Gasteiger charge is -2.27. The van der Waals surface area contributed by atoms with Crippen LogP contribution in [0, 0.1) is 0 Å². The Bertz CT molecular complexity index is 433. The third-order valence-corrected chi connectivity index (χ3v) is 4.08. The molecule has 1 aromatic rings. The first-order valence-corrected chi connectivity index (χ1v) is 7.60. The van der Waals surface area contributed by atoms with Crippen molar-refractivity contribution >= 4 is 5.78 Å². The lowest BCUT2D eigenvalue weighted by atomic mass is 9.83. The zero-order valence-electron chi connectivity index (χ0n) is 12.2. The van der Waals surface area contributed by atoms with Crippen molar-refractivity contribution in [2.24, 2.45) is 0 Å². The summed E-state index contributed by atoms with van der Waals surface area (Å²) in [5, 5.41) is 3.47. The molecule has 0 radical (unpaired) electrons. The molecule has 0 spiro atoms. The molecule has 2 nitrogen and oxygen atoms in total. The normalized spacial score (nSPS) is 22.6. The Morgan fingerprint density at radius 2 is 2.16 bits per heavy atom. The fraction of sp³-hybridized carbons (Fsp3) is 0.588. The van der Waals surface area contributed by atoms with E-state index in [9.17, 15) is 4.79 Å². The smallest absolute Gasteiger partial charge is 0.182 e. The zero-order valence-corrected chi connectivity index (χ0v) is 12.2. The Kier molecular flexibility index (Phi) is 4.76. The standard InChI is InChI=1S/C17H25NO/c1-3-7-14-8-5-9-15(13-14)16(19)17(10-4-2)11-6-12-18-17/h5,8-9,13,18H,3-4,6-7,10-12H2,1-2H3. The summed E-state index contributed by atoms with van der Waals surface area (Å²) in [6.07, 6.45) is 6.26. The van der Waals surface area contributed by atoms with Gasteiger partial charge in [0.2, 0.25) is 0 Å². The van der Waals surface area contributed by atoms with Crippen LogP contribution in [0.2, 0.25) is 0 Å². The van der Waals surface area contributed by atoms with E-state index in [-0.39, 0.29) is 5.54 Å². The van der Waals surface area contributed by atoms with Gasteiger partial charge in [0.1, 0.15) is 0 Å². The van der Waals surface area contributed by atoms with Crippen molar-refractivity contribution in [3.63, 3.8) is 0 Å². The molecule has 0 aliphatic carbocycles. The van der Waals surface area contributed by atoms with Gasteiger partial charge in [-0.1, -0.05) is 44.9 Å². The predicted molar refractivity (Wildman–Crippen MR) is 79.6 cm³/mol. The average molecular weight is 259 g/mol. The van der Waals surface area contributed by atoms with E-state index < -0.39 is 0 Å². The fourth-order valence-electron chi connectivity index (χ4n) is 3.19. The fourth-order valence-corrected chi connectivity index (χ4v) is 3.19. The molecular formula is C17H25NO. The van der Waals surface area contributed by atoms with Crippen molar-refractivity contribution in [3.8, 4) is 0 Å². The van der Waals surface area contributed by atoms with Crippen LogP contribution in [0.4, 0.5) is 0 Å². The Balaban J connectivity index is 2.24. The average Bonchev–Trinajstić information content (AvgIpc) is 2.89. The van der Waals surface area contributed by atoms with Gasteiger partial charge in [0.05, 0.1) is 5.54 Å². The SMILES string of the molecule is CCCc1cccc(C(=O)C2(CCC)CCCN2)c1. The molecule has 0 bridgehead atoms. The molecule has 2 heteroatoms. The van der Waals surface area contributed by atoms with Crippen molar-refractivity contribution < 1.29 is 4.79 Å². The largest absolute Gasteiger partial charge is 0.305 e. The van der Waals surface area contributed by atoms with Crippen LogP contribution in [0.5, 0.6) is 0 Å². The third-order valence-electron chi connectivity index (χ3n) is 4.08. The lowest BCUT2D eigenvalue weighted by molar-refractivity contribution is 0.0857. The van der Waals surface area contributed by atoms with Crippen molar-refractivity contribution in [1.29, 1.82) is 0 Å². The topological polar surface area (TPSA) is 29.1 Å². The zero-order chi connectivity index (χ0) is 13.7. The van der Waals surface area contributed by atoms with E-state index in [0.29, 0.717) is 5.78 Å². The van der Waals surface area contributed by atoms with Crippen molar-refractivity contribution in [2.75, 3.05) is 6.54 Å².